The van der Waals surface area contributed by atoms with Crippen LogP contribution in [0.5, 0.6) is 0 Å². The molecule has 1 aromatic rings. The fourth-order valence-corrected chi connectivity index (χ4v) is 4.45. The Bertz CT molecular complexity index is 644. The molecule has 0 bridgehead atoms. The largest absolute Gasteiger partial charge is 0.350 e. The molecule has 0 aromatic heterocycles. The predicted octanol–water partition coefficient (Wildman–Crippen LogP) is 3.23. The Balaban J connectivity index is 1.49. The zero-order valence-corrected chi connectivity index (χ0v) is 17.4. The monoisotopic (exact) mass is 385 g/mol. The lowest BCUT2D eigenvalue weighted by Gasteiger charge is -2.30. The maximum atomic E-state index is 12.7. The molecule has 154 valence electrons. The molecule has 1 saturated carbocycles. The maximum Gasteiger partial charge on any atom is 0.243 e. The Morgan fingerprint density at radius 1 is 1.04 bits per heavy atom. The van der Waals surface area contributed by atoms with Crippen LogP contribution in [0.2, 0.25) is 0 Å². The van der Waals surface area contributed by atoms with E-state index in [-0.39, 0.29) is 17.7 Å². The van der Waals surface area contributed by atoms with Crippen molar-refractivity contribution in [3.8, 4) is 0 Å². The lowest BCUT2D eigenvalue weighted by atomic mass is 9.97. The highest BCUT2D eigenvalue weighted by Gasteiger charge is 2.31. The van der Waals surface area contributed by atoms with Crippen LogP contribution in [0.15, 0.2) is 24.3 Å². The molecule has 0 radical (unpaired) electrons. The molecule has 3 rings (SSSR count). The van der Waals surface area contributed by atoms with E-state index in [2.05, 4.69) is 46.7 Å². The van der Waals surface area contributed by atoms with Crippen molar-refractivity contribution in [2.45, 2.75) is 71.5 Å². The summed E-state index contributed by atoms with van der Waals surface area (Å²) in [7, 11) is 0. The summed E-state index contributed by atoms with van der Waals surface area (Å²) >= 11 is 0. The second-order valence-electron chi connectivity index (χ2n) is 8.72. The van der Waals surface area contributed by atoms with Gasteiger partial charge in [0.25, 0.3) is 0 Å². The number of carbonyl (C=O) groups is 2. The van der Waals surface area contributed by atoms with E-state index in [0.29, 0.717) is 6.54 Å². The molecule has 1 atom stereocenters. The number of likely N-dealkylation sites (tertiary alicyclic amines) is 1. The molecular weight excluding hydrogens is 350 g/mol. The topological polar surface area (TPSA) is 61.4 Å². The van der Waals surface area contributed by atoms with Crippen LogP contribution in [0, 0.1) is 11.8 Å². The van der Waals surface area contributed by atoms with Crippen LogP contribution < -0.4 is 10.6 Å². The van der Waals surface area contributed by atoms with Crippen LogP contribution in [0.25, 0.3) is 0 Å². The molecule has 5 heteroatoms. The van der Waals surface area contributed by atoms with Crippen molar-refractivity contribution < 1.29 is 9.59 Å². The first-order chi connectivity index (χ1) is 13.5. The van der Waals surface area contributed by atoms with Crippen molar-refractivity contribution in [3.05, 3.63) is 35.4 Å². The smallest absolute Gasteiger partial charge is 0.243 e. The fourth-order valence-electron chi connectivity index (χ4n) is 4.45. The van der Waals surface area contributed by atoms with Gasteiger partial charge >= 0.3 is 0 Å². The number of piperidine rings is 1. The van der Waals surface area contributed by atoms with Crippen molar-refractivity contribution in [2.24, 2.45) is 11.8 Å². The molecule has 1 saturated heterocycles. The first kappa shape index (κ1) is 20.8. The van der Waals surface area contributed by atoms with Gasteiger partial charge in [0.2, 0.25) is 11.8 Å². The minimum absolute atomic E-state index is 0.0615. The highest BCUT2D eigenvalue weighted by molar-refractivity contribution is 5.87. The standard InChI is InChI=1S/C23H35N3O2/c1-17-11-13-26(14-12-17)16-20-9-7-19(8-10-20)15-24-23(28)22(25-18(2)27)21-5-3-4-6-21/h7-10,17,21-22H,3-6,11-16H2,1-2H3,(H,24,28)(H,25,27). The van der Waals surface area contributed by atoms with Gasteiger partial charge in [-0.1, -0.05) is 44.0 Å². The summed E-state index contributed by atoms with van der Waals surface area (Å²) in [6.07, 6.45) is 6.91. The minimum atomic E-state index is -0.402. The van der Waals surface area contributed by atoms with E-state index >= 15 is 0 Å². The van der Waals surface area contributed by atoms with Gasteiger partial charge in [-0.05, 0) is 61.7 Å². The summed E-state index contributed by atoms with van der Waals surface area (Å²) in [5.74, 6) is 0.920. The van der Waals surface area contributed by atoms with Crippen LogP contribution in [-0.2, 0) is 22.7 Å². The van der Waals surface area contributed by atoms with Gasteiger partial charge in [-0.15, -0.1) is 0 Å². The Morgan fingerprint density at radius 2 is 1.64 bits per heavy atom. The second kappa shape index (κ2) is 10.1. The normalized spacial score (nSPS) is 20.1. The summed E-state index contributed by atoms with van der Waals surface area (Å²) in [6, 6.07) is 8.14. The van der Waals surface area contributed by atoms with Crippen LogP contribution in [0.4, 0.5) is 0 Å². The van der Waals surface area contributed by atoms with E-state index in [1.807, 2.05) is 0 Å². The van der Waals surface area contributed by atoms with Gasteiger partial charge in [0.05, 0.1) is 0 Å². The lowest BCUT2D eigenvalue weighted by Crippen LogP contribution is -2.49. The number of benzene rings is 1. The number of hydrogen-bond acceptors (Lipinski definition) is 3. The summed E-state index contributed by atoms with van der Waals surface area (Å²) in [5, 5.41) is 5.88. The van der Waals surface area contributed by atoms with E-state index in [1.165, 1.54) is 38.4 Å². The van der Waals surface area contributed by atoms with Crippen molar-refractivity contribution in [1.82, 2.24) is 15.5 Å². The quantitative estimate of drug-likeness (QED) is 0.757. The molecule has 1 aliphatic carbocycles. The minimum Gasteiger partial charge on any atom is -0.350 e. The average Bonchev–Trinajstić information content (AvgIpc) is 3.21. The van der Waals surface area contributed by atoms with Crippen LogP contribution in [0.3, 0.4) is 0 Å². The number of carbonyl (C=O) groups excluding carboxylic acids is 2. The summed E-state index contributed by atoms with van der Waals surface area (Å²) in [4.78, 5) is 26.7. The Morgan fingerprint density at radius 3 is 2.25 bits per heavy atom. The fraction of sp³-hybridized carbons (Fsp3) is 0.652. The van der Waals surface area contributed by atoms with E-state index < -0.39 is 6.04 Å². The molecule has 1 unspecified atom stereocenters. The third kappa shape index (κ3) is 6.06. The molecule has 2 aliphatic rings. The number of amides is 2. The van der Waals surface area contributed by atoms with Gasteiger partial charge in [-0.3, -0.25) is 14.5 Å². The molecule has 28 heavy (non-hydrogen) atoms. The van der Waals surface area contributed by atoms with Crippen molar-refractivity contribution >= 4 is 11.8 Å². The second-order valence-corrected chi connectivity index (χ2v) is 8.72. The van der Waals surface area contributed by atoms with E-state index in [9.17, 15) is 9.59 Å². The summed E-state index contributed by atoms with van der Waals surface area (Å²) in [6.45, 7) is 7.70. The summed E-state index contributed by atoms with van der Waals surface area (Å²) < 4.78 is 0. The van der Waals surface area contributed by atoms with Crippen molar-refractivity contribution in [3.63, 3.8) is 0 Å². The van der Waals surface area contributed by atoms with E-state index in [0.717, 1.165) is 43.7 Å². The number of rotatable bonds is 7. The zero-order valence-electron chi connectivity index (χ0n) is 17.4. The number of hydrogen-bond donors (Lipinski definition) is 2. The van der Waals surface area contributed by atoms with Gasteiger partial charge in [0.1, 0.15) is 6.04 Å². The highest BCUT2D eigenvalue weighted by atomic mass is 16.2. The molecule has 1 aromatic carbocycles. The third-order valence-electron chi connectivity index (χ3n) is 6.28. The molecule has 2 N–H and O–H groups in total. The Labute approximate surface area is 169 Å². The third-order valence-corrected chi connectivity index (χ3v) is 6.28. The molecule has 1 heterocycles. The average molecular weight is 386 g/mol. The van der Waals surface area contributed by atoms with Crippen LogP contribution in [0.1, 0.15) is 63.5 Å². The molecule has 1 aliphatic heterocycles. The maximum absolute atomic E-state index is 12.7. The van der Waals surface area contributed by atoms with Gasteiger partial charge in [0, 0.05) is 20.0 Å². The van der Waals surface area contributed by atoms with Crippen molar-refractivity contribution in [2.75, 3.05) is 13.1 Å². The first-order valence-corrected chi connectivity index (χ1v) is 10.9. The molecule has 2 fully saturated rings. The Hall–Kier alpha value is -1.88. The predicted molar refractivity (Wildman–Crippen MR) is 112 cm³/mol. The van der Waals surface area contributed by atoms with Crippen molar-refractivity contribution in [1.29, 1.82) is 0 Å². The number of nitrogens with zero attached hydrogens (tertiary/aromatic N) is 1. The van der Waals surface area contributed by atoms with E-state index in [4.69, 9.17) is 0 Å². The van der Waals surface area contributed by atoms with Gasteiger partial charge in [-0.2, -0.15) is 0 Å². The van der Waals surface area contributed by atoms with Gasteiger partial charge in [0.15, 0.2) is 0 Å². The van der Waals surface area contributed by atoms with Gasteiger partial charge in [-0.25, -0.2) is 0 Å². The van der Waals surface area contributed by atoms with E-state index in [1.54, 1.807) is 0 Å². The molecule has 0 spiro atoms. The SMILES string of the molecule is CC(=O)NC(C(=O)NCc1ccc(CN2CCC(C)CC2)cc1)C1CCCC1. The zero-order chi connectivity index (χ0) is 19.9. The van der Waals surface area contributed by atoms with Gasteiger partial charge < -0.3 is 10.6 Å². The molecular formula is C23H35N3O2. The van der Waals surface area contributed by atoms with Crippen LogP contribution >= 0.6 is 0 Å². The lowest BCUT2D eigenvalue weighted by molar-refractivity contribution is -0.129. The van der Waals surface area contributed by atoms with Crippen LogP contribution in [-0.4, -0.2) is 35.8 Å². The Kier molecular flexibility index (Phi) is 7.49. The first-order valence-electron chi connectivity index (χ1n) is 10.9. The summed E-state index contributed by atoms with van der Waals surface area (Å²) in [5.41, 5.74) is 2.42. The molecule has 5 nitrogen and oxygen atoms in total. The molecule has 2 amide bonds. The number of nitrogens with one attached hydrogen (secondary N) is 2. The highest BCUT2D eigenvalue weighted by Crippen LogP contribution is 2.28.